The van der Waals surface area contributed by atoms with Crippen LogP contribution in [0.2, 0.25) is 0 Å². The molecule has 1 aliphatic carbocycles. The zero-order valence-electron chi connectivity index (χ0n) is 13.7. The number of rotatable bonds is 6. The second kappa shape index (κ2) is 7.24. The normalized spacial score (nSPS) is 36.5. The van der Waals surface area contributed by atoms with Crippen molar-refractivity contribution in [1.29, 1.82) is 0 Å². The lowest BCUT2D eigenvalue weighted by molar-refractivity contribution is 0.0501. The summed E-state index contributed by atoms with van der Waals surface area (Å²) in [6, 6.07) is 0.311. The van der Waals surface area contributed by atoms with Crippen LogP contribution in [0.4, 0.5) is 0 Å². The maximum atomic E-state index is 6.63. The first-order valence-electron chi connectivity index (χ1n) is 8.59. The van der Waals surface area contributed by atoms with Gasteiger partial charge in [0.15, 0.2) is 0 Å². The Labute approximate surface area is 125 Å². The summed E-state index contributed by atoms with van der Waals surface area (Å²) in [5, 5.41) is 0. The van der Waals surface area contributed by atoms with Gasteiger partial charge in [0.2, 0.25) is 0 Å². The van der Waals surface area contributed by atoms with Crippen LogP contribution in [-0.4, -0.2) is 43.3 Å². The largest absolute Gasteiger partial charge is 0.378 e. The Hall–Kier alpha value is -0.120. The van der Waals surface area contributed by atoms with E-state index in [1.54, 1.807) is 0 Å². The van der Waals surface area contributed by atoms with E-state index in [1.807, 2.05) is 0 Å². The fourth-order valence-electron chi connectivity index (χ4n) is 4.12. The maximum Gasteiger partial charge on any atom is 0.0576 e. The molecule has 0 aromatic heterocycles. The SMILES string of the molecule is CC1CCC(C(N)CCCC2CCCO2)(N(C)C)CC1. The number of nitrogens with two attached hydrogens (primary N) is 1. The molecule has 2 atom stereocenters. The van der Waals surface area contributed by atoms with E-state index < -0.39 is 0 Å². The van der Waals surface area contributed by atoms with Gasteiger partial charge in [-0.25, -0.2) is 0 Å². The van der Waals surface area contributed by atoms with E-state index in [9.17, 15) is 0 Å². The first-order valence-corrected chi connectivity index (χ1v) is 8.59. The van der Waals surface area contributed by atoms with Crippen molar-refractivity contribution in [2.45, 2.75) is 82.4 Å². The summed E-state index contributed by atoms with van der Waals surface area (Å²) in [4.78, 5) is 2.41. The zero-order chi connectivity index (χ0) is 14.6. The molecule has 1 saturated heterocycles. The highest BCUT2D eigenvalue weighted by Gasteiger charge is 2.40. The third-order valence-electron chi connectivity index (χ3n) is 5.79. The molecule has 3 nitrogen and oxygen atoms in total. The van der Waals surface area contributed by atoms with Gasteiger partial charge >= 0.3 is 0 Å². The Bertz CT molecular complexity index is 279. The van der Waals surface area contributed by atoms with Crippen molar-refractivity contribution >= 4 is 0 Å². The molecule has 0 aromatic carbocycles. The zero-order valence-corrected chi connectivity index (χ0v) is 13.7. The van der Waals surface area contributed by atoms with E-state index in [2.05, 4.69) is 25.9 Å². The molecule has 1 saturated carbocycles. The maximum absolute atomic E-state index is 6.63. The molecule has 1 heterocycles. The fourth-order valence-corrected chi connectivity index (χ4v) is 4.12. The van der Waals surface area contributed by atoms with Crippen LogP contribution in [0.1, 0.15) is 64.7 Å². The number of nitrogens with zero attached hydrogens (tertiary/aromatic N) is 1. The Morgan fingerprint density at radius 1 is 1.25 bits per heavy atom. The van der Waals surface area contributed by atoms with Gasteiger partial charge in [-0.3, -0.25) is 0 Å². The molecule has 20 heavy (non-hydrogen) atoms. The van der Waals surface area contributed by atoms with Gasteiger partial charge in [0, 0.05) is 18.2 Å². The highest BCUT2D eigenvalue weighted by Crippen LogP contribution is 2.38. The molecule has 0 spiro atoms. The van der Waals surface area contributed by atoms with Crippen LogP contribution in [0.25, 0.3) is 0 Å². The quantitative estimate of drug-likeness (QED) is 0.813. The Balaban J connectivity index is 1.82. The molecule has 0 aromatic rings. The molecule has 0 radical (unpaired) electrons. The van der Waals surface area contributed by atoms with Crippen molar-refractivity contribution in [3.63, 3.8) is 0 Å². The topological polar surface area (TPSA) is 38.5 Å². The van der Waals surface area contributed by atoms with Gasteiger partial charge in [-0.05, 0) is 77.8 Å². The van der Waals surface area contributed by atoms with E-state index in [-0.39, 0.29) is 5.54 Å². The Morgan fingerprint density at radius 3 is 2.50 bits per heavy atom. The molecule has 2 unspecified atom stereocenters. The fraction of sp³-hybridized carbons (Fsp3) is 1.00. The van der Waals surface area contributed by atoms with Gasteiger partial charge in [-0.15, -0.1) is 0 Å². The van der Waals surface area contributed by atoms with Gasteiger partial charge in [0.05, 0.1) is 6.10 Å². The van der Waals surface area contributed by atoms with Gasteiger partial charge in [0.1, 0.15) is 0 Å². The van der Waals surface area contributed by atoms with E-state index >= 15 is 0 Å². The molecule has 2 rings (SSSR count). The number of hydrogen-bond donors (Lipinski definition) is 1. The van der Waals surface area contributed by atoms with Crippen molar-refractivity contribution in [2.24, 2.45) is 11.7 Å². The first kappa shape index (κ1) is 16.3. The molecular formula is C17H34N2O. The minimum absolute atomic E-state index is 0.239. The molecule has 2 N–H and O–H groups in total. The summed E-state index contributed by atoms with van der Waals surface area (Å²) in [5.74, 6) is 0.877. The van der Waals surface area contributed by atoms with Crippen LogP contribution in [0, 0.1) is 5.92 Å². The van der Waals surface area contributed by atoms with Crippen LogP contribution in [-0.2, 0) is 4.74 Å². The van der Waals surface area contributed by atoms with Crippen LogP contribution in [0.15, 0.2) is 0 Å². The summed E-state index contributed by atoms with van der Waals surface area (Å²) in [6.07, 6.45) is 11.8. The third kappa shape index (κ3) is 3.75. The Morgan fingerprint density at radius 2 is 1.95 bits per heavy atom. The van der Waals surface area contributed by atoms with Gasteiger partial charge < -0.3 is 15.4 Å². The van der Waals surface area contributed by atoms with E-state index in [1.165, 1.54) is 51.4 Å². The summed E-state index contributed by atoms with van der Waals surface area (Å²) >= 11 is 0. The summed E-state index contributed by atoms with van der Waals surface area (Å²) in [7, 11) is 4.44. The Kier molecular flexibility index (Phi) is 5.88. The summed E-state index contributed by atoms with van der Waals surface area (Å²) in [5.41, 5.74) is 6.87. The standard InChI is InChI=1S/C17H34N2O/c1-14-9-11-17(12-10-14,19(2)3)16(18)8-4-6-15-7-5-13-20-15/h14-16H,4-13,18H2,1-3H3. The summed E-state index contributed by atoms with van der Waals surface area (Å²) < 4.78 is 5.72. The van der Waals surface area contributed by atoms with Crippen LogP contribution < -0.4 is 5.73 Å². The molecule has 0 bridgehead atoms. The lowest BCUT2D eigenvalue weighted by Gasteiger charge is -2.48. The second-order valence-electron chi connectivity index (χ2n) is 7.35. The van der Waals surface area contributed by atoms with Crippen LogP contribution in [0.5, 0.6) is 0 Å². The highest BCUT2D eigenvalue weighted by molar-refractivity contribution is 5.00. The number of hydrogen-bond acceptors (Lipinski definition) is 3. The number of likely N-dealkylation sites (N-methyl/N-ethyl adjacent to an activating group) is 1. The van der Waals surface area contributed by atoms with Crippen molar-refractivity contribution < 1.29 is 4.74 Å². The minimum Gasteiger partial charge on any atom is -0.378 e. The van der Waals surface area contributed by atoms with E-state index in [4.69, 9.17) is 10.5 Å². The van der Waals surface area contributed by atoms with E-state index in [0.29, 0.717) is 12.1 Å². The minimum atomic E-state index is 0.239. The predicted octanol–water partition coefficient (Wildman–Crippen LogP) is 3.17. The molecule has 3 heteroatoms. The molecule has 2 fully saturated rings. The van der Waals surface area contributed by atoms with Crippen LogP contribution in [0.3, 0.4) is 0 Å². The average molecular weight is 282 g/mol. The smallest absolute Gasteiger partial charge is 0.0576 e. The van der Waals surface area contributed by atoms with Crippen molar-refractivity contribution in [1.82, 2.24) is 4.90 Å². The molecule has 1 aliphatic heterocycles. The third-order valence-corrected chi connectivity index (χ3v) is 5.79. The van der Waals surface area contributed by atoms with E-state index in [0.717, 1.165) is 18.9 Å². The van der Waals surface area contributed by atoms with Gasteiger partial charge in [-0.1, -0.05) is 6.92 Å². The lowest BCUT2D eigenvalue weighted by atomic mass is 9.71. The van der Waals surface area contributed by atoms with Crippen molar-refractivity contribution in [3.05, 3.63) is 0 Å². The second-order valence-corrected chi connectivity index (χ2v) is 7.35. The number of ether oxygens (including phenoxy) is 1. The van der Waals surface area contributed by atoms with Crippen LogP contribution >= 0.6 is 0 Å². The van der Waals surface area contributed by atoms with Gasteiger partial charge in [0.25, 0.3) is 0 Å². The van der Waals surface area contributed by atoms with Crippen molar-refractivity contribution in [3.8, 4) is 0 Å². The molecule has 2 aliphatic rings. The first-order chi connectivity index (χ1) is 9.54. The monoisotopic (exact) mass is 282 g/mol. The molecule has 118 valence electrons. The lowest BCUT2D eigenvalue weighted by Crippen LogP contribution is -2.59. The molecule has 0 amide bonds. The molecular weight excluding hydrogens is 248 g/mol. The van der Waals surface area contributed by atoms with Gasteiger partial charge in [-0.2, -0.15) is 0 Å². The highest BCUT2D eigenvalue weighted by atomic mass is 16.5. The summed E-state index contributed by atoms with van der Waals surface area (Å²) in [6.45, 7) is 3.35. The van der Waals surface area contributed by atoms with Crippen molar-refractivity contribution in [2.75, 3.05) is 20.7 Å². The average Bonchev–Trinajstić information content (AvgIpc) is 2.92. The predicted molar refractivity (Wildman–Crippen MR) is 84.9 cm³/mol.